The predicted octanol–water partition coefficient (Wildman–Crippen LogP) is 16.4. The van der Waals surface area contributed by atoms with E-state index in [4.69, 9.17) is 0 Å². The van der Waals surface area contributed by atoms with Gasteiger partial charge in [0, 0.05) is 17.1 Å². The van der Waals surface area contributed by atoms with Crippen LogP contribution in [-0.4, -0.2) is 0 Å². The molecule has 11 aromatic carbocycles. The van der Waals surface area contributed by atoms with Gasteiger partial charge in [0.1, 0.15) is 0 Å². The predicted molar refractivity (Wildman–Crippen MR) is 253 cm³/mol. The Kier molecular flexibility index (Phi) is 8.56. The minimum Gasteiger partial charge on any atom is -0.310 e. The lowest BCUT2D eigenvalue weighted by molar-refractivity contribution is 1.29. The smallest absolute Gasteiger partial charge is 0.0468 e. The largest absolute Gasteiger partial charge is 0.310 e. The van der Waals surface area contributed by atoms with Gasteiger partial charge in [-0.2, -0.15) is 0 Å². The number of fused-ring (bicyclic) bond motifs is 5. The quantitative estimate of drug-likeness (QED) is 0.147. The van der Waals surface area contributed by atoms with E-state index in [-0.39, 0.29) is 0 Å². The Bertz CT molecular complexity index is 3310. The summed E-state index contributed by atoms with van der Waals surface area (Å²) >= 11 is 0. The van der Waals surface area contributed by atoms with Crippen LogP contribution in [-0.2, 0) is 0 Å². The maximum Gasteiger partial charge on any atom is 0.0468 e. The summed E-state index contributed by atoms with van der Waals surface area (Å²) in [7, 11) is 0. The van der Waals surface area contributed by atoms with Crippen LogP contribution < -0.4 is 4.90 Å². The molecule has 0 aliphatic heterocycles. The zero-order chi connectivity index (χ0) is 39.1. The van der Waals surface area contributed by atoms with Crippen LogP contribution in [0.1, 0.15) is 0 Å². The fourth-order valence-corrected chi connectivity index (χ4v) is 8.95. The zero-order valence-electron chi connectivity index (χ0n) is 32.5. The fourth-order valence-electron chi connectivity index (χ4n) is 8.95. The van der Waals surface area contributed by atoms with Crippen LogP contribution in [0.3, 0.4) is 0 Å². The zero-order valence-corrected chi connectivity index (χ0v) is 32.5. The second kappa shape index (κ2) is 14.6. The van der Waals surface area contributed by atoms with Gasteiger partial charge in [-0.15, -0.1) is 0 Å². The molecule has 59 heavy (non-hydrogen) atoms. The fraction of sp³-hybridized carbons (Fsp3) is 0. The van der Waals surface area contributed by atoms with Gasteiger partial charge < -0.3 is 4.90 Å². The third-order valence-electron chi connectivity index (χ3n) is 11.8. The van der Waals surface area contributed by atoms with Crippen LogP contribution in [0.25, 0.3) is 87.6 Å². The molecule has 0 aliphatic rings. The summed E-state index contributed by atoms with van der Waals surface area (Å²) in [6, 6.07) is 86.3. The number of nitrogens with zero attached hydrogens (tertiary/aromatic N) is 1. The molecule has 0 radical (unpaired) electrons. The van der Waals surface area contributed by atoms with Crippen molar-refractivity contribution in [2.75, 3.05) is 4.90 Å². The minimum atomic E-state index is 1.10. The number of anilines is 3. The third-order valence-corrected chi connectivity index (χ3v) is 11.8. The lowest BCUT2D eigenvalue weighted by atomic mass is 9.84. The summed E-state index contributed by atoms with van der Waals surface area (Å²) < 4.78 is 0. The second-order valence-corrected chi connectivity index (χ2v) is 15.3. The monoisotopic (exact) mass is 749 g/mol. The number of hydrogen-bond acceptors (Lipinski definition) is 1. The molecular formula is C58H39N. The summed E-state index contributed by atoms with van der Waals surface area (Å²) in [5.74, 6) is 0. The first-order valence-corrected chi connectivity index (χ1v) is 20.3. The summed E-state index contributed by atoms with van der Waals surface area (Å²) in [4.78, 5) is 2.40. The van der Waals surface area contributed by atoms with Crippen LogP contribution in [0.5, 0.6) is 0 Å². The number of hydrogen-bond donors (Lipinski definition) is 0. The highest BCUT2D eigenvalue weighted by Crippen LogP contribution is 2.46. The van der Waals surface area contributed by atoms with E-state index in [1.54, 1.807) is 0 Å². The topological polar surface area (TPSA) is 3.24 Å². The molecule has 0 spiro atoms. The SMILES string of the molecule is c1ccc(-c2ccc3cc(N(c4cccc(-c5ccc6c(c5)c(-c5ccccc5)c(-c5ccccc5)c5ccccc56)c4)c4ccc5ccccc5c4)ccc3c2)cc1. The lowest BCUT2D eigenvalue weighted by Crippen LogP contribution is -2.10. The molecule has 1 nitrogen and oxygen atoms in total. The van der Waals surface area contributed by atoms with E-state index in [0.717, 1.165) is 22.6 Å². The average Bonchev–Trinajstić information content (AvgIpc) is 3.31. The molecule has 0 unspecified atom stereocenters. The van der Waals surface area contributed by atoms with E-state index < -0.39 is 0 Å². The molecule has 276 valence electrons. The Morgan fingerprint density at radius 2 is 0.644 bits per heavy atom. The summed E-state index contributed by atoms with van der Waals surface area (Å²) in [5, 5.41) is 9.88. The van der Waals surface area contributed by atoms with Crippen LogP contribution in [0.2, 0.25) is 0 Å². The molecule has 1 heteroatoms. The van der Waals surface area contributed by atoms with Crippen molar-refractivity contribution in [2.45, 2.75) is 0 Å². The van der Waals surface area contributed by atoms with Crippen molar-refractivity contribution in [1.29, 1.82) is 0 Å². The van der Waals surface area contributed by atoms with E-state index >= 15 is 0 Å². The maximum atomic E-state index is 2.41. The minimum absolute atomic E-state index is 1.10. The Balaban J connectivity index is 1.09. The summed E-state index contributed by atoms with van der Waals surface area (Å²) in [6.45, 7) is 0. The van der Waals surface area contributed by atoms with Gasteiger partial charge in [-0.25, -0.2) is 0 Å². The van der Waals surface area contributed by atoms with Crippen molar-refractivity contribution in [3.63, 3.8) is 0 Å². The molecule has 0 saturated heterocycles. The van der Waals surface area contributed by atoms with Gasteiger partial charge in [0.2, 0.25) is 0 Å². The van der Waals surface area contributed by atoms with E-state index in [0.29, 0.717) is 0 Å². The summed E-state index contributed by atoms with van der Waals surface area (Å²) in [5.41, 5.74) is 13.1. The van der Waals surface area contributed by atoms with Crippen molar-refractivity contribution in [2.24, 2.45) is 0 Å². The molecule has 0 aromatic heterocycles. The highest BCUT2D eigenvalue weighted by atomic mass is 15.1. The third kappa shape index (κ3) is 6.30. The highest BCUT2D eigenvalue weighted by molar-refractivity contribution is 6.22. The standard InChI is InChI=1S/C58H39N/c1-4-15-40(16-5-1)46-27-28-48-38-52(33-30-47(48)35-46)59(51-32-29-41-17-10-11-22-44(41)36-51)50-24-14-23-45(37-50)49-31-34-54-53-25-12-13-26-55(53)57(42-18-6-2-7-19-42)58(56(54)39-49)43-20-8-3-9-21-43/h1-39H. The van der Waals surface area contributed by atoms with E-state index in [9.17, 15) is 0 Å². The molecule has 0 fully saturated rings. The molecular weight excluding hydrogens is 711 g/mol. The van der Waals surface area contributed by atoms with Crippen LogP contribution >= 0.6 is 0 Å². The first-order chi connectivity index (χ1) is 29.2. The molecule has 0 N–H and O–H groups in total. The molecule has 0 saturated carbocycles. The Labute approximate surface area is 344 Å². The van der Waals surface area contributed by atoms with Gasteiger partial charge in [-0.1, -0.05) is 188 Å². The van der Waals surface area contributed by atoms with Crippen molar-refractivity contribution >= 4 is 60.2 Å². The Morgan fingerprint density at radius 1 is 0.203 bits per heavy atom. The molecule has 11 aromatic rings. The van der Waals surface area contributed by atoms with Crippen molar-refractivity contribution in [3.8, 4) is 44.5 Å². The Morgan fingerprint density at radius 3 is 1.36 bits per heavy atom. The lowest BCUT2D eigenvalue weighted by Gasteiger charge is -2.27. The van der Waals surface area contributed by atoms with E-state index in [1.165, 1.54) is 82.0 Å². The van der Waals surface area contributed by atoms with Crippen LogP contribution in [0.4, 0.5) is 17.1 Å². The van der Waals surface area contributed by atoms with Crippen molar-refractivity contribution < 1.29 is 0 Å². The van der Waals surface area contributed by atoms with Gasteiger partial charge >= 0.3 is 0 Å². The number of rotatable bonds is 7. The van der Waals surface area contributed by atoms with Gasteiger partial charge in [-0.05, 0) is 136 Å². The van der Waals surface area contributed by atoms with Crippen LogP contribution in [0, 0.1) is 0 Å². The van der Waals surface area contributed by atoms with Crippen LogP contribution in [0.15, 0.2) is 237 Å². The normalized spacial score (nSPS) is 11.4. The molecule has 0 heterocycles. The molecule has 0 bridgehead atoms. The van der Waals surface area contributed by atoms with Gasteiger partial charge in [0.05, 0.1) is 0 Å². The van der Waals surface area contributed by atoms with E-state index in [1.807, 2.05) is 0 Å². The molecule has 0 amide bonds. The van der Waals surface area contributed by atoms with Crippen molar-refractivity contribution in [3.05, 3.63) is 237 Å². The van der Waals surface area contributed by atoms with Gasteiger partial charge in [-0.3, -0.25) is 0 Å². The number of benzene rings is 11. The van der Waals surface area contributed by atoms with Crippen molar-refractivity contribution in [1.82, 2.24) is 0 Å². The molecule has 0 atom stereocenters. The maximum absolute atomic E-state index is 2.41. The van der Waals surface area contributed by atoms with E-state index in [2.05, 4.69) is 241 Å². The van der Waals surface area contributed by atoms with Gasteiger partial charge in [0.15, 0.2) is 0 Å². The van der Waals surface area contributed by atoms with Gasteiger partial charge in [0.25, 0.3) is 0 Å². The summed E-state index contributed by atoms with van der Waals surface area (Å²) in [6.07, 6.45) is 0. The first-order valence-electron chi connectivity index (χ1n) is 20.3. The molecule has 0 aliphatic carbocycles. The average molecular weight is 750 g/mol. The second-order valence-electron chi connectivity index (χ2n) is 15.3. The highest BCUT2D eigenvalue weighted by Gasteiger charge is 2.19. The molecule has 11 rings (SSSR count). The Hall–Kier alpha value is -7.74. The first kappa shape index (κ1) is 34.5.